The third-order valence-electron chi connectivity index (χ3n) is 4.04. The van der Waals surface area contributed by atoms with Gasteiger partial charge in [0.2, 0.25) is 5.91 Å². The van der Waals surface area contributed by atoms with Gasteiger partial charge in [-0.25, -0.2) is 4.39 Å². The van der Waals surface area contributed by atoms with Crippen LogP contribution in [0.4, 0.5) is 4.39 Å². The molecule has 0 saturated carbocycles. The van der Waals surface area contributed by atoms with Gasteiger partial charge in [-0.15, -0.1) is 0 Å². The standard InChI is InChI=1S/C17H24FNO3/c1-12(17(21)13-5-7-14(18)8-6-13)19-16(20)10-9-15-4-2-3-11-22-15/h5-8,12,15,17,21H,2-4,9-11H2,1H3,(H,19,20). The first-order chi connectivity index (χ1) is 10.6. The molecule has 2 N–H and O–H groups in total. The fourth-order valence-corrected chi connectivity index (χ4v) is 2.68. The highest BCUT2D eigenvalue weighted by Crippen LogP contribution is 2.19. The van der Waals surface area contributed by atoms with Crippen molar-refractivity contribution in [1.29, 1.82) is 0 Å². The van der Waals surface area contributed by atoms with E-state index in [4.69, 9.17) is 4.74 Å². The SMILES string of the molecule is CC(NC(=O)CCC1CCCCO1)C(O)c1ccc(F)cc1. The van der Waals surface area contributed by atoms with Crippen molar-refractivity contribution in [3.8, 4) is 0 Å². The number of hydrogen-bond acceptors (Lipinski definition) is 3. The zero-order valence-corrected chi connectivity index (χ0v) is 12.9. The van der Waals surface area contributed by atoms with Crippen molar-refractivity contribution in [2.75, 3.05) is 6.61 Å². The Morgan fingerprint density at radius 3 is 2.77 bits per heavy atom. The Kier molecular flexibility index (Phi) is 6.34. The van der Waals surface area contributed by atoms with Crippen LogP contribution in [0, 0.1) is 5.82 Å². The van der Waals surface area contributed by atoms with Crippen LogP contribution in [0.5, 0.6) is 0 Å². The van der Waals surface area contributed by atoms with E-state index in [0.717, 1.165) is 25.9 Å². The molecule has 22 heavy (non-hydrogen) atoms. The number of ether oxygens (including phenoxy) is 1. The van der Waals surface area contributed by atoms with Crippen LogP contribution < -0.4 is 5.32 Å². The van der Waals surface area contributed by atoms with Crippen molar-refractivity contribution >= 4 is 5.91 Å². The molecule has 0 bridgehead atoms. The summed E-state index contributed by atoms with van der Waals surface area (Å²) in [4.78, 5) is 11.9. The second-order valence-corrected chi connectivity index (χ2v) is 5.88. The number of carbonyl (C=O) groups is 1. The number of aliphatic hydroxyl groups excluding tert-OH is 1. The normalized spacial score (nSPS) is 21.1. The van der Waals surface area contributed by atoms with E-state index < -0.39 is 12.1 Å². The van der Waals surface area contributed by atoms with E-state index in [-0.39, 0.29) is 17.8 Å². The molecule has 5 heteroatoms. The summed E-state index contributed by atoms with van der Waals surface area (Å²) in [6.07, 6.45) is 3.71. The van der Waals surface area contributed by atoms with Crippen LogP contribution in [-0.4, -0.2) is 29.8 Å². The van der Waals surface area contributed by atoms with Crippen LogP contribution in [0.15, 0.2) is 24.3 Å². The zero-order chi connectivity index (χ0) is 15.9. The number of aliphatic hydroxyl groups is 1. The number of halogens is 1. The van der Waals surface area contributed by atoms with E-state index in [0.29, 0.717) is 18.4 Å². The summed E-state index contributed by atoms with van der Waals surface area (Å²) in [5.41, 5.74) is 0.588. The second-order valence-electron chi connectivity index (χ2n) is 5.88. The number of carbonyl (C=O) groups excluding carboxylic acids is 1. The van der Waals surface area contributed by atoms with Crippen LogP contribution in [0.3, 0.4) is 0 Å². The largest absolute Gasteiger partial charge is 0.386 e. The van der Waals surface area contributed by atoms with E-state index >= 15 is 0 Å². The predicted octanol–water partition coefficient (Wildman–Crippen LogP) is 2.71. The maximum Gasteiger partial charge on any atom is 0.220 e. The molecule has 1 aromatic rings. The lowest BCUT2D eigenvalue weighted by molar-refractivity contribution is -0.123. The molecule has 1 heterocycles. The van der Waals surface area contributed by atoms with E-state index in [1.807, 2.05) is 0 Å². The smallest absolute Gasteiger partial charge is 0.220 e. The van der Waals surface area contributed by atoms with Gasteiger partial charge in [-0.3, -0.25) is 4.79 Å². The summed E-state index contributed by atoms with van der Waals surface area (Å²) in [6, 6.07) is 5.23. The Morgan fingerprint density at radius 2 is 2.14 bits per heavy atom. The van der Waals surface area contributed by atoms with Crippen LogP contribution in [-0.2, 0) is 9.53 Å². The van der Waals surface area contributed by atoms with Gasteiger partial charge in [0, 0.05) is 13.0 Å². The van der Waals surface area contributed by atoms with Gasteiger partial charge in [0.1, 0.15) is 5.82 Å². The number of hydrogen-bond donors (Lipinski definition) is 2. The lowest BCUT2D eigenvalue weighted by Gasteiger charge is -2.23. The summed E-state index contributed by atoms with van der Waals surface area (Å²) in [5, 5.41) is 13.0. The highest BCUT2D eigenvalue weighted by atomic mass is 19.1. The molecule has 1 saturated heterocycles. The van der Waals surface area contributed by atoms with Crippen LogP contribution >= 0.6 is 0 Å². The van der Waals surface area contributed by atoms with E-state index in [1.165, 1.54) is 24.3 Å². The highest BCUT2D eigenvalue weighted by molar-refractivity contribution is 5.76. The number of amides is 1. The molecule has 0 aliphatic carbocycles. The summed E-state index contributed by atoms with van der Waals surface area (Å²) in [7, 11) is 0. The first-order valence-corrected chi connectivity index (χ1v) is 7.91. The Labute approximate surface area is 130 Å². The van der Waals surface area contributed by atoms with Gasteiger partial charge in [0.15, 0.2) is 0 Å². The number of nitrogens with one attached hydrogen (secondary N) is 1. The Bertz CT molecular complexity index is 471. The molecule has 3 unspecified atom stereocenters. The molecule has 3 atom stereocenters. The van der Waals surface area contributed by atoms with E-state index in [2.05, 4.69) is 5.32 Å². The Morgan fingerprint density at radius 1 is 1.41 bits per heavy atom. The van der Waals surface area contributed by atoms with Crippen molar-refractivity contribution in [2.45, 2.75) is 57.3 Å². The molecule has 0 radical (unpaired) electrons. The number of benzene rings is 1. The fraction of sp³-hybridized carbons (Fsp3) is 0.588. The molecule has 122 valence electrons. The molecule has 0 aromatic heterocycles. The Hall–Kier alpha value is -1.46. The molecule has 0 spiro atoms. The molecular weight excluding hydrogens is 285 g/mol. The van der Waals surface area contributed by atoms with Gasteiger partial charge < -0.3 is 15.2 Å². The van der Waals surface area contributed by atoms with Gasteiger partial charge in [-0.1, -0.05) is 12.1 Å². The summed E-state index contributed by atoms with van der Waals surface area (Å²) < 4.78 is 18.5. The van der Waals surface area contributed by atoms with Gasteiger partial charge in [-0.05, 0) is 50.3 Å². The fourth-order valence-electron chi connectivity index (χ4n) is 2.68. The lowest BCUT2D eigenvalue weighted by atomic mass is 10.0. The average molecular weight is 309 g/mol. The van der Waals surface area contributed by atoms with Gasteiger partial charge in [0.05, 0.1) is 18.2 Å². The molecule has 1 aliphatic heterocycles. The minimum Gasteiger partial charge on any atom is -0.386 e. The van der Waals surface area contributed by atoms with Crippen molar-refractivity contribution < 1.29 is 19.0 Å². The Balaban J connectivity index is 1.76. The third-order valence-corrected chi connectivity index (χ3v) is 4.04. The van der Waals surface area contributed by atoms with Crippen LogP contribution in [0.25, 0.3) is 0 Å². The quantitative estimate of drug-likeness (QED) is 0.849. The first-order valence-electron chi connectivity index (χ1n) is 7.91. The summed E-state index contributed by atoms with van der Waals surface area (Å²) in [6.45, 7) is 2.52. The van der Waals surface area contributed by atoms with Crippen molar-refractivity contribution in [3.63, 3.8) is 0 Å². The van der Waals surface area contributed by atoms with Crippen molar-refractivity contribution in [1.82, 2.24) is 5.32 Å². The van der Waals surface area contributed by atoms with Gasteiger partial charge in [0.25, 0.3) is 0 Å². The zero-order valence-electron chi connectivity index (χ0n) is 12.9. The predicted molar refractivity (Wildman–Crippen MR) is 81.8 cm³/mol. The molecule has 4 nitrogen and oxygen atoms in total. The van der Waals surface area contributed by atoms with Gasteiger partial charge in [-0.2, -0.15) is 0 Å². The molecule has 1 fully saturated rings. The lowest BCUT2D eigenvalue weighted by Crippen LogP contribution is -2.37. The average Bonchev–Trinajstić information content (AvgIpc) is 2.54. The topological polar surface area (TPSA) is 58.6 Å². The maximum absolute atomic E-state index is 12.9. The maximum atomic E-state index is 12.9. The van der Waals surface area contributed by atoms with Crippen molar-refractivity contribution in [3.05, 3.63) is 35.6 Å². The molecule has 1 aromatic carbocycles. The molecule has 1 amide bonds. The third kappa shape index (κ3) is 5.07. The first kappa shape index (κ1) is 16.9. The van der Waals surface area contributed by atoms with Gasteiger partial charge >= 0.3 is 0 Å². The van der Waals surface area contributed by atoms with Crippen LogP contribution in [0.1, 0.15) is 50.7 Å². The van der Waals surface area contributed by atoms with E-state index in [9.17, 15) is 14.3 Å². The second kappa shape index (κ2) is 8.25. The van der Waals surface area contributed by atoms with Crippen molar-refractivity contribution in [2.24, 2.45) is 0 Å². The molecular formula is C17H24FNO3. The van der Waals surface area contributed by atoms with E-state index in [1.54, 1.807) is 6.92 Å². The van der Waals surface area contributed by atoms with Crippen LogP contribution in [0.2, 0.25) is 0 Å². The molecule has 1 aliphatic rings. The highest BCUT2D eigenvalue weighted by Gasteiger charge is 2.20. The number of rotatable bonds is 6. The minimum atomic E-state index is -0.851. The summed E-state index contributed by atoms with van der Waals surface area (Å²) in [5.74, 6) is -0.442. The molecule has 2 rings (SSSR count). The summed E-state index contributed by atoms with van der Waals surface area (Å²) >= 11 is 0. The minimum absolute atomic E-state index is 0.0946. The monoisotopic (exact) mass is 309 g/mol.